The van der Waals surface area contributed by atoms with Crippen molar-refractivity contribution in [2.24, 2.45) is 7.05 Å². The second kappa shape index (κ2) is 5.72. The van der Waals surface area contributed by atoms with E-state index >= 15 is 0 Å². The molecule has 1 N–H and O–H groups in total. The molecule has 0 aliphatic rings. The molecule has 0 unspecified atom stereocenters. The van der Waals surface area contributed by atoms with Gasteiger partial charge in [-0.25, -0.2) is 13.1 Å². The predicted molar refractivity (Wildman–Crippen MR) is 99.4 cm³/mol. The van der Waals surface area contributed by atoms with Crippen molar-refractivity contribution in [1.29, 1.82) is 0 Å². The van der Waals surface area contributed by atoms with Crippen molar-refractivity contribution in [3.8, 4) is 0 Å². The van der Waals surface area contributed by atoms with E-state index in [1.807, 2.05) is 35.9 Å². The summed E-state index contributed by atoms with van der Waals surface area (Å²) in [6.45, 7) is 0. The molecule has 0 radical (unpaired) electrons. The summed E-state index contributed by atoms with van der Waals surface area (Å²) >= 11 is 1.34. The average molecular weight is 370 g/mol. The predicted octanol–water partition coefficient (Wildman–Crippen LogP) is 3.51. The standard InChI is InChI=1S/C18H14N2O3S2/c1-20-16-5-3-2-4-14(16)15-10-13(6-7-17(15)20)25(22,23)19-18(21)12-8-9-24-11-12/h2-11H,1H3,(H,19,21). The molecule has 0 aliphatic heterocycles. The Morgan fingerprint density at radius 1 is 1.04 bits per heavy atom. The Morgan fingerprint density at radius 3 is 2.56 bits per heavy atom. The molecule has 5 nitrogen and oxygen atoms in total. The number of amides is 1. The summed E-state index contributed by atoms with van der Waals surface area (Å²) in [5, 5.41) is 5.15. The maximum Gasteiger partial charge on any atom is 0.265 e. The zero-order valence-corrected chi connectivity index (χ0v) is 14.9. The van der Waals surface area contributed by atoms with Crippen LogP contribution in [0.5, 0.6) is 0 Å². The monoisotopic (exact) mass is 370 g/mol. The highest BCUT2D eigenvalue weighted by atomic mass is 32.2. The molecule has 4 aromatic rings. The molecule has 4 rings (SSSR count). The van der Waals surface area contributed by atoms with Gasteiger partial charge in [-0.3, -0.25) is 4.79 Å². The Labute approximate surface area is 148 Å². The van der Waals surface area contributed by atoms with Crippen LogP contribution in [0.1, 0.15) is 10.4 Å². The van der Waals surface area contributed by atoms with Gasteiger partial charge in [0, 0.05) is 34.2 Å². The minimum atomic E-state index is -3.94. The summed E-state index contributed by atoms with van der Waals surface area (Å²) in [7, 11) is -2.00. The third-order valence-electron chi connectivity index (χ3n) is 4.21. The number of hydrogen-bond acceptors (Lipinski definition) is 4. The summed E-state index contributed by atoms with van der Waals surface area (Å²) in [6, 6.07) is 14.3. The van der Waals surface area contributed by atoms with Gasteiger partial charge < -0.3 is 4.57 Å². The zero-order chi connectivity index (χ0) is 17.6. The molecule has 25 heavy (non-hydrogen) atoms. The summed E-state index contributed by atoms with van der Waals surface area (Å²) in [4.78, 5) is 12.2. The van der Waals surface area contributed by atoms with Crippen LogP contribution < -0.4 is 4.72 Å². The molecule has 2 aromatic heterocycles. The van der Waals surface area contributed by atoms with Gasteiger partial charge in [-0.15, -0.1) is 0 Å². The molecule has 0 aliphatic carbocycles. The van der Waals surface area contributed by atoms with Crippen LogP contribution in [0.2, 0.25) is 0 Å². The second-order valence-electron chi connectivity index (χ2n) is 5.70. The zero-order valence-electron chi connectivity index (χ0n) is 13.3. The first-order valence-electron chi connectivity index (χ1n) is 7.54. The van der Waals surface area contributed by atoms with Crippen LogP contribution in [-0.4, -0.2) is 18.9 Å². The Bertz CT molecular complexity index is 1210. The largest absolute Gasteiger partial charge is 0.344 e. The number of nitrogens with zero attached hydrogens (tertiary/aromatic N) is 1. The van der Waals surface area contributed by atoms with Gasteiger partial charge in [-0.1, -0.05) is 18.2 Å². The molecular weight excluding hydrogens is 356 g/mol. The topological polar surface area (TPSA) is 68.2 Å². The smallest absolute Gasteiger partial charge is 0.265 e. The van der Waals surface area contributed by atoms with Crippen LogP contribution in [0.4, 0.5) is 0 Å². The number of rotatable bonds is 3. The van der Waals surface area contributed by atoms with Crippen LogP contribution in [0.15, 0.2) is 64.2 Å². The quantitative estimate of drug-likeness (QED) is 0.600. The lowest BCUT2D eigenvalue weighted by atomic mass is 10.1. The molecule has 0 bridgehead atoms. The van der Waals surface area contributed by atoms with Crippen molar-refractivity contribution in [2.45, 2.75) is 4.90 Å². The van der Waals surface area contributed by atoms with Crippen molar-refractivity contribution < 1.29 is 13.2 Å². The van der Waals surface area contributed by atoms with Gasteiger partial charge in [0.2, 0.25) is 0 Å². The fourth-order valence-electron chi connectivity index (χ4n) is 2.95. The normalized spacial score (nSPS) is 11.9. The number of carbonyl (C=O) groups is 1. The Balaban J connectivity index is 1.81. The highest BCUT2D eigenvalue weighted by Crippen LogP contribution is 2.29. The fourth-order valence-corrected chi connectivity index (χ4v) is 4.58. The number of hydrogen-bond donors (Lipinski definition) is 1. The summed E-state index contributed by atoms with van der Waals surface area (Å²) in [5.41, 5.74) is 2.29. The number of aryl methyl sites for hydroxylation is 1. The lowest BCUT2D eigenvalue weighted by Crippen LogP contribution is -2.30. The van der Waals surface area contributed by atoms with E-state index in [1.54, 1.807) is 29.0 Å². The number of para-hydroxylation sites is 1. The van der Waals surface area contributed by atoms with Crippen LogP contribution in [0, 0.1) is 0 Å². The first-order chi connectivity index (χ1) is 12.0. The highest BCUT2D eigenvalue weighted by Gasteiger charge is 2.20. The van der Waals surface area contributed by atoms with E-state index in [4.69, 9.17) is 0 Å². The van der Waals surface area contributed by atoms with Crippen molar-refractivity contribution in [2.75, 3.05) is 0 Å². The highest BCUT2D eigenvalue weighted by molar-refractivity contribution is 7.90. The van der Waals surface area contributed by atoms with Gasteiger partial charge in [0.15, 0.2) is 0 Å². The fraction of sp³-hybridized carbons (Fsp3) is 0.0556. The molecule has 0 atom stereocenters. The van der Waals surface area contributed by atoms with Gasteiger partial charge in [0.1, 0.15) is 0 Å². The van der Waals surface area contributed by atoms with E-state index in [9.17, 15) is 13.2 Å². The van der Waals surface area contributed by atoms with Gasteiger partial charge in [0.25, 0.3) is 15.9 Å². The number of aromatic nitrogens is 1. The number of sulfonamides is 1. The third-order valence-corrected chi connectivity index (χ3v) is 6.22. The van der Waals surface area contributed by atoms with Crippen LogP contribution in [0.25, 0.3) is 21.8 Å². The number of carbonyl (C=O) groups excluding carboxylic acids is 1. The Hall–Kier alpha value is -2.64. The van der Waals surface area contributed by atoms with E-state index in [0.717, 1.165) is 21.8 Å². The molecule has 0 fully saturated rings. The van der Waals surface area contributed by atoms with Crippen LogP contribution >= 0.6 is 11.3 Å². The number of nitrogens with one attached hydrogen (secondary N) is 1. The average Bonchev–Trinajstić information content (AvgIpc) is 3.23. The van der Waals surface area contributed by atoms with E-state index < -0.39 is 15.9 Å². The molecule has 7 heteroatoms. The molecule has 126 valence electrons. The first kappa shape index (κ1) is 15.9. The van der Waals surface area contributed by atoms with Crippen LogP contribution in [-0.2, 0) is 17.1 Å². The van der Waals surface area contributed by atoms with Gasteiger partial charge in [-0.2, -0.15) is 11.3 Å². The summed E-state index contributed by atoms with van der Waals surface area (Å²) in [5.74, 6) is -0.626. The Morgan fingerprint density at radius 2 is 1.80 bits per heavy atom. The Kier molecular flexibility index (Phi) is 3.63. The van der Waals surface area contributed by atoms with Gasteiger partial charge >= 0.3 is 0 Å². The summed E-state index contributed by atoms with van der Waals surface area (Å²) < 4.78 is 29.3. The van der Waals surface area contributed by atoms with E-state index in [-0.39, 0.29) is 4.90 Å². The molecule has 0 saturated carbocycles. The molecular formula is C18H14N2O3S2. The van der Waals surface area contributed by atoms with Gasteiger partial charge in [0.05, 0.1) is 10.5 Å². The van der Waals surface area contributed by atoms with E-state index in [0.29, 0.717) is 5.56 Å². The van der Waals surface area contributed by atoms with E-state index in [1.165, 1.54) is 17.4 Å². The lowest BCUT2D eigenvalue weighted by molar-refractivity contribution is 0.0982. The van der Waals surface area contributed by atoms with Crippen molar-refractivity contribution in [3.63, 3.8) is 0 Å². The van der Waals surface area contributed by atoms with E-state index in [2.05, 4.69) is 4.72 Å². The number of fused-ring (bicyclic) bond motifs is 3. The van der Waals surface area contributed by atoms with Crippen LogP contribution in [0.3, 0.4) is 0 Å². The van der Waals surface area contributed by atoms with Gasteiger partial charge in [-0.05, 0) is 35.7 Å². The SMILES string of the molecule is Cn1c2ccccc2c2cc(S(=O)(=O)NC(=O)c3ccsc3)ccc21. The second-order valence-corrected chi connectivity index (χ2v) is 8.16. The molecule has 0 spiro atoms. The molecule has 1 amide bonds. The third kappa shape index (κ3) is 2.61. The van der Waals surface area contributed by atoms with Crippen molar-refractivity contribution in [1.82, 2.24) is 9.29 Å². The van der Waals surface area contributed by atoms with Crippen molar-refractivity contribution >= 4 is 49.1 Å². The maximum absolute atomic E-state index is 12.6. The molecule has 2 heterocycles. The lowest BCUT2D eigenvalue weighted by Gasteiger charge is -2.06. The molecule has 0 saturated heterocycles. The van der Waals surface area contributed by atoms with Crippen molar-refractivity contribution in [3.05, 3.63) is 64.9 Å². The first-order valence-corrected chi connectivity index (χ1v) is 9.96. The number of benzene rings is 2. The summed E-state index contributed by atoms with van der Waals surface area (Å²) in [6.07, 6.45) is 0. The maximum atomic E-state index is 12.6. The minimum Gasteiger partial charge on any atom is -0.344 e. The molecule has 2 aromatic carbocycles. The minimum absolute atomic E-state index is 0.0694. The number of thiophene rings is 1.